The maximum absolute atomic E-state index is 12.4. The fourth-order valence-corrected chi connectivity index (χ4v) is 2.94. The van der Waals surface area contributed by atoms with Crippen LogP contribution in [-0.4, -0.2) is 53.3 Å². The second-order valence-corrected chi connectivity index (χ2v) is 5.94. The summed E-state index contributed by atoms with van der Waals surface area (Å²) in [6, 6.07) is -0.189. The topological polar surface area (TPSA) is 62.2 Å². The maximum atomic E-state index is 12.4. The number of likely N-dealkylation sites (tertiary alicyclic amines) is 1. The molecule has 118 valence electrons. The summed E-state index contributed by atoms with van der Waals surface area (Å²) < 4.78 is 1.71. The fourth-order valence-electron chi connectivity index (χ4n) is 2.94. The molecule has 1 fully saturated rings. The van der Waals surface area contributed by atoms with Gasteiger partial charge in [-0.2, -0.15) is 5.10 Å². The smallest absolute Gasteiger partial charge is 0.242 e. The minimum Gasteiger partial charge on any atom is -0.351 e. The van der Waals surface area contributed by atoms with Crippen LogP contribution >= 0.6 is 0 Å². The van der Waals surface area contributed by atoms with Gasteiger partial charge < -0.3 is 15.5 Å². The third-order valence-electron chi connectivity index (χ3n) is 3.98. The first-order chi connectivity index (χ1) is 10.1. The zero-order valence-corrected chi connectivity index (χ0v) is 13.3. The number of likely N-dealkylation sites (N-methyl/N-ethyl adjacent to an activating group) is 1. The van der Waals surface area contributed by atoms with Gasteiger partial charge in [0.05, 0.1) is 6.20 Å². The predicted molar refractivity (Wildman–Crippen MR) is 82.9 cm³/mol. The van der Waals surface area contributed by atoms with Crippen LogP contribution in [-0.2, 0) is 11.8 Å². The number of hydrogen-bond donors (Lipinski definition) is 2. The van der Waals surface area contributed by atoms with Crippen molar-refractivity contribution >= 4 is 5.91 Å². The molecule has 0 spiro atoms. The number of piperidine rings is 1. The molecule has 1 aliphatic heterocycles. The van der Waals surface area contributed by atoms with E-state index >= 15 is 0 Å². The Morgan fingerprint density at radius 1 is 1.38 bits per heavy atom. The van der Waals surface area contributed by atoms with E-state index in [1.807, 2.05) is 13.2 Å². The van der Waals surface area contributed by atoms with Crippen molar-refractivity contribution in [3.8, 4) is 0 Å². The summed E-state index contributed by atoms with van der Waals surface area (Å²) in [5, 5.41) is 10.3. The van der Waals surface area contributed by atoms with Crippen molar-refractivity contribution in [2.75, 3.05) is 26.7 Å². The molecule has 6 heteroatoms. The molecule has 2 rings (SSSR count). The fraction of sp³-hybridized carbons (Fsp3) is 0.733. The largest absolute Gasteiger partial charge is 0.351 e. The minimum absolute atomic E-state index is 0.00927. The molecule has 0 aromatic carbocycles. The molecular weight excluding hydrogens is 266 g/mol. The quantitative estimate of drug-likeness (QED) is 0.809. The summed E-state index contributed by atoms with van der Waals surface area (Å²) in [6.07, 6.45) is 7.48. The van der Waals surface area contributed by atoms with Crippen LogP contribution < -0.4 is 10.6 Å². The summed E-state index contributed by atoms with van der Waals surface area (Å²) in [5.74, 6) is 0.00927. The van der Waals surface area contributed by atoms with Crippen LogP contribution in [0.4, 0.5) is 0 Å². The average Bonchev–Trinajstić information content (AvgIpc) is 2.87. The van der Waals surface area contributed by atoms with E-state index in [9.17, 15) is 4.79 Å². The monoisotopic (exact) mass is 293 g/mol. The predicted octanol–water partition coefficient (Wildman–Crippen LogP) is 0.671. The van der Waals surface area contributed by atoms with Crippen molar-refractivity contribution in [2.24, 2.45) is 7.05 Å². The van der Waals surface area contributed by atoms with E-state index in [0.717, 1.165) is 25.2 Å². The third kappa shape index (κ3) is 4.54. The molecule has 0 radical (unpaired) electrons. The Morgan fingerprint density at radius 3 is 2.67 bits per heavy atom. The first-order valence-electron chi connectivity index (χ1n) is 7.78. The summed E-state index contributed by atoms with van der Waals surface area (Å²) in [7, 11) is 3.65. The van der Waals surface area contributed by atoms with E-state index in [2.05, 4.69) is 27.6 Å². The molecule has 2 atom stereocenters. The van der Waals surface area contributed by atoms with Gasteiger partial charge in [0.1, 0.15) is 6.04 Å². The summed E-state index contributed by atoms with van der Waals surface area (Å²) in [4.78, 5) is 14.8. The van der Waals surface area contributed by atoms with Gasteiger partial charge in [0.15, 0.2) is 0 Å². The lowest BCUT2D eigenvalue weighted by molar-refractivity contribution is -0.123. The molecule has 1 aliphatic rings. The van der Waals surface area contributed by atoms with E-state index in [-0.39, 0.29) is 18.0 Å². The van der Waals surface area contributed by atoms with Gasteiger partial charge in [-0.3, -0.25) is 9.48 Å². The van der Waals surface area contributed by atoms with Crippen molar-refractivity contribution in [3.63, 3.8) is 0 Å². The van der Waals surface area contributed by atoms with Crippen LogP contribution in [0.5, 0.6) is 0 Å². The van der Waals surface area contributed by atoms with Crippen LogP contribution in [0.3, 0.4) is 0 Å². The second kappa shape index (κ2) is 7.56. The van der Waals surface area contributed by atoms with Crippen molar-refractivity contribution < 1.29 is 4.79 Å². The molecule has 1 saturated heterocycles. The Labute approximate surface area is 126 Å². The van der Waals surface area contributed by atoms with Gasteiger partial charge in [-0.15, -0.1) is 0 Å². The SMILES string of the molecule is CNC(C(=O)NC(C)CN1CCCCC1)c1cnn(C)c1. The van der Waals surface area contributed by atoms with E-state index in [1.165, 1.54) is 19.3 Å². The lowest BCUT2D eigenvalue weighted by atomic mass is 10.1. The van der Waals surface area contributed by atoms with Crippen LogP contribution in [0, 0.1) is 0 Å². The molecule has 2 N–H and O–H groups in total. The van der Waals surface area contributed by atoms with Gasteiger partial charge in [0.2, 0.25) is 5.91 Å². The van der Waals surface area contributed by atoms with Gasteiger partial charge in [0.25, 0.3) is 0 Å². The number of aromatic nitrogens is 2. The highest BCUT2D eigenvalue weighted by Gasteiger charge is 2.22. The van der Waals surface area contributed by atoms with Crippen molar-refractivity contribution in [3.05, 3.63) is 18.0 Å². The van der Waals surface area contributed by atoms with E-state index in [0.29, 0.717) is 0 Å². The van der Waals surface area contributed by atoms with Gasteiger partial charge in [-0.1, -0.05) is 6.42 Å². The molecule has 0 saturated carbocycles. The summed E-state index contributed by atoms with van der Waals surface area (Å²) in [5.41, 5.74) is 0.891. The number of carbonyl (C=O) groups excluding carboxylic acids is 1. The van der Waals surface area contributed by atoms with Gasteiger partial charge in [-0.05, 0) is 39.9 Å². The summed E-state index contributed by atoms with van der Waals surface area (Å²) >= 11 is 0. The molecule has 0 aliphatic carbocycles. The Hall–Kier alpha value is -1.40. The number of rotatable bonds is 6. The molecule has 2 unspecified atom stereocenters. The van der Waals surface area contributed by atoms with Crippen LogP contribution in [0.15, 0.2) is 12.4 Å². The maximum Gasteiger partial charge on any atom is 0.242 e. The zero-order valence-electron chi connectivity index (χ0n) is 13.3. The van der Waals surface area contributed by atoms with Crippen molar-refractivity contribution in [1.82, 2.24) is 25.3 Å². The highest BCUT2D eigenvalue weighted by molar-refractivity contribution is 5.83. The summed E-state index contributed by atoms with van der Waals surface area (Å²) in [6.45, 7) is 5.30. The van der Waals surface area contributed by atoms with Gasteiger partial charge >= 0.3 is 0 Å². The highest BCUT2D eigenvalue weighted by Crippen LogP contribution is 2.12. The molecule has 21 heavy (non-hydrogen) atoms. The van der Waals surface area contributed by atoms with Crippen LogP contribution in [0.2, 0.25) is 0 Å². The number of nitrogens with one attached hydrogen (secondary N) is 2. The Balaban J connectivity index is 1.86. The zero-order chi connectivity index (χ0) is 15.2. The first-order valence-corrected chi connectivity index (χ1v) is 7.78. The number of aryl methyl sites for hydroxylation is 1. The van der Waals surface area contributed by atoms with Crippen molar-refractivity contribution in [1.29, 1.82) is 0 Å². The molecule has 0 bridgehead atoms. The minimum atomic E-state index is -0.345. The number of hydrogen-bond acceptors (Lipinski definition) is 4. The lowest BCUT2D eigenvalue weighted by Gasteiger charge is -2.30. The normalized spacial score (nSPS) is 19.2. The molecule has 1 aromatic rings. The number of nitrogens with zero attached hydrogens (tertiary/aromatic N) is 3. The van der Waals surface area contributed by atoms with Crippen LogP contribution in [0.25, 0.3) is 0 Å². The van der Waals surface area contributed by atoms with Gasteiger partial charge in [-0.25, -0.2) is 0 Å². The number of amides is 1. The Morgan fingerprint density at radius 2 is 2.10 bits per heavy atom. The third-order valence-corrected chi connectivity index (χ3v) is 3.98. The average molecular weight is 293 g/mol. The standard InChI is InChI=1S/C15H27N5O/c1-12(10-20-7-5-4-6-8-20)18-15(21)14(16-2)13-9-17-19(3)11-13/h9,11-12,14,16H,4-8,10H2,1-3H3,(H,18,21). The van der Waals surface area contributed by atoms with E-state index < -0.39 is 0 Å². The Bertz CT molecular complexity index is 453. The number of carbonyl (C=O) groups is 1. The van der Waals surface area contributed by atoms with E-state index in [1.54, 1.807) is 17.9 Å². The molecule has 2 heterocycles. The van der Waals surface area contributed by atoms with E-state index in [4.69, 9.17) is 0 Å². The van der Waals surface area contributed by atoms with Gasteiger partial charge in [0, 0.05) is 31.4 Å². The molecular formula is C15H27N5O. The highest BCUT2D eigenvalue weighted by atomic mass is 16.2. The van der Waals surface area contributed by atoms with Crippen LogP contribution in [0.1, 0.15) is 37.8 Å². The Kier molecular flexibility index (Phi) is 5.76. The second-order valence-electron chi connectivity index (χ2n) is 5.94. The molecule has 6 nitrogen and oxygen atoms in total. The first kappa shape index (κ1) is 16.0. The van der Waals surface area contributed by atoms with Crippen molar-refractivity contribution in [2.45, 2.75) is 38.3 Å². The lowest BCUT2D eigenvalue weighted by Crippen LogP contribution is -2.46. The molecule has 1 amide bonds. The molecule has 1 aromatic heterocycles.